The van der Waals surface area contributed by atoms with E-state index in [9.17, 15) is 4.79 Å². The molecule has 0 heterocycles. The van der Waals surface area contributed by atoms with E-state index in [1.54, 1.807) is 7.11 Å². The highest BCUT2D eigenvalue weighted by Gasteiger charge is 2.32. The van der Waals surface area contributed by atoms with Crippen LogP contribution in [-0.2, 0) is 4.79 Å². The first kappa shape index (κ1) is 21.4. The van der Waals surface area contributed by atoms with Gasteiger partial charge in [-0.3, -0.25) is 4.79 Å². The Labute approximate surface area is 175 Å². The molecule has 2 aromatic rings. The number of carbonyl (C=O) groups excluding carboxylic acids is 1. The molecule has 1 saturated carbocycles. The molecule has 1 fully saturated rings. The Morgan fingerprint density at radius 1 is 1.00 bits per heavy atom. The van der Waals surface area contributed by atoms with Gasteiger partial charge in [0.05, 0.1) is 13.7 Å². The van der Waals surface area contributed by atoms with Crippen LogP contribution in [-0.4, -0.2) is 19.6 Å². The van der Waals surface area contributed by atoms with Gasteiger partial charge < -0.3 is 15.4 Å². The number of methoxy groups -OCH3 is 1. The summed E-state index contributed by atoms with van der Waals surface area (Å²) in [5.74, 6) is 2.18. The lowest BCUT2D eigenvalue weighted by Crippen LogP contribution is -2.32. The second kappa shape index (κ2) is 9.45. The Morgan fingerprint density at radius 3 is 2.07 bits per heavy atom. The molecule has 2 N–H and O–H groups in total. The summed E-state index contributed by atoms with van der Waals surface area (Å²) in [5, 5.41) is 6.70. The fourth-order valence-corrected chi connectivity index (χ4v) is 3.88. The number of para-hydroxylation sites is 1. The number of carbonyl (C=O) groups is 1. The van der Waals surface area contributed by atoms with Gasteiger partial charge in [0.15, 0.2) is 0 Å². The molecule has 1 unspecified atom stereocenters. The molecule has 1 amide bonds. The minimum absolute atomic E-state index is 0.0131. The smallest absolute Gasteiger partial charge is 0.238 e. The lowest BCUT2D eigenvalue weighted by atomic mass is 9.92. The molecule has 0 aromatic heterocycles. The lowest BCUT2D eigenvalue weighted by molar-refractivity contribution is -0.115. The van der Waals surface area contributed by atoms with Crippen molar-refractivity contribution in [2.24, 2.45) is 5.92 Å². The SMILES string of the molecule is COc1ccc(C(NCC(=O)Nc2c(C(C)C)cccc2C(C)C)C2CC2)cc1. The summed E-state index contributed by atoms with van der Waals surface area (Å²) in [6, 6.07) is 14.7. The second-order valence-electron chi connectivity index (χ2n) is 8.64. The van der Waals surface area contributed by atoms with Crippen LogP contribution in [0.5, 0.6) is 5.75 Å². The first-order valence-corrected chi connectivity index (χ1v) is 10.7. The Bertz CT molecular complexity index is 797. The summed E-state index contributed by atoms with van der Waals surface area (Å²) in [7, 11) is 1.68. The van der Waals surface area contributed by atoms with Crippen LogP contribution in [0.25, 0.3) is 0 Å². The van der Waals surface area contributed by atoms with Crippen molar-refractivity contribution in [1.29, 1.82) is 0 Å². The molecular formula is C25H34N2O2. The lowest BCUT2D eigenvalue weighted by Gasteiger charge is -2.22. The molecule has 0 radical (unpaired) electrons. The van der Waals surface area contributed by atoms with E-state index in [1.807, 2.05) is 12.1 Å². The molecule has 3 rings (SSSR count). The highest BCUT2D eigenvalue weighted by Crippen LogP contribution is 2.41. The summed E-state index contributed by atoms with van der Waals surface area (Å²) in [6.45, 7) is 8.97. The molecule has 29 heavy (non-hydrogen) atoms. The fourth-order valence-electron chi connectivity index (χ4n) is 3.88. The maximum absolute atomic E-state index is 12.8. The molecule has 2 aromatic carbocycles. The predicted octanol–water partition coefficient (Wildman–Crippen LogP) is 5.62. The van der Waals surface area contributed by atoms with Crippen LogP contribution in [0.4, 0.5) is 5.69 Å². The number of hydrogen-bond donors (Lipinski definition) is 2. The second-order valence-corrected chi connectivity index (χ2v) is 8.64. The normalized spacial score (nSPS) is 14.9. The molecule has 1 aliphatic carbocycles. The molecular weight excluding hydrogens is 360 g/mol. The molecule has 0 bridgehead atoms. The zero-order valence-corrected chi connectivity index (χ0v) is 18.3. The zero-order chi connectivity index (χ0) is 21.0. The van der Waals surface area contributed by atoms with Crippen LogP contribution < -0.4 is 15.4 Å². The van der Waals surface area contributed by atoms with Crippen molar-refractivity contribution in [3.63, 3.8) is 0 Å². The van der Waals surface area contributed by atoms with Gasteiger partial charge in [-0.15, -0.1) is 0 Å². The van der Waals surface area contributed by atoms with Gasteiger partial charge in [-0.05, 0) is 59.4 Å². The van der Waals surface area contributed by atoms with Crippen molar-refractivity contribution in [2.75, 3.05) is 19.0 Å². The van der Waals surface area contributed by atoms with Gasteiger partial charge in [0.25, 0.3) is 0 Å². The third-order valence-corrected chi connectivity index (χ3v) is 5.69. The Kier molecular flexibility index (Phi) is 6.96. The molecule has 1 atom stereocenters. The minimum Gasteiger partial charge on any atom is -0.497 e. The number of benzene rings is 2. The van der Waals surface area contributed by atoms with E-state index in [4.69, 9.17) is 4.74 Å². The quantitative estimate of drug-likeness (QED) is 0.580. The van der Waals surface area contributed by atoms with Crippen LogP contribution in [0.3, 0.4) is 0 Å². The van der Waals surface area contributed by atoms with E-state index in [0.29, 0.717) is 24.3 Å². The maximum Gasteiger partial charge on any atom is 0.238 e. The minimum atomic E-state index is 0.0131. The van der Waals surface area contributed by atoms with Crippen LogP contribution in [0, 0.1) is 5.92 Å². The molecule has 156 valence electrons. The highest BCUT2D eigenvalue weighted by atomic mass is 16.5. The van der Waals surface area contributed by atoms with Crippen molar-refractivity contribution < 1.29 is 9.53 Å². The molecule has 0 saturated heterocycles. The largest absolute Gasteiger partial charge is 0.497 e. The predicted molar refractivity (Wildman–Crippen MR) is 120 cm³/mol. The summed E-state index contributed by atoms with van der Waals surface area (Å²) >= 11 is 0. The highest BCUT2D eigenvalue weighted by molar-refractivity contribution is 5.94. The molecule has 4 nitrogen and oxygen atoms in total. The fraction of sp³-hybridized carbons (Fsp3) is 0.480. The van der Waals surface area contributed by atoms with Crippen molar-refractivity contribution in [3.05, 3.63) is 59.2 Å². The van der Waals surface area contributed by atoms with E-state index in [2.05, 4.69) is 68.7 Å². The van der Waals surface area contributed by atoms with Crippen LogP contribution in [0.2, 0.25) is 0 Å². The summed E-state index contributed by atoms with van der Waals surface area (Å²) < 4.78 is 5.27. The molecule has 4 heteroatoms. The van der Waals surface area contributed by atoms with Gasteiger partial charge in [0.2, 0.25) is 5.91 Å². The molecule has 0 aliphatic heterocycles. The van der Waals surface area contributed by atoms with Crippen LogP contribution in [0.1, 0.15) is 75.1 Å². The summed E-state index contributed by atoms with van der Waals surface area (Å²) in [6.07, 6.45) is 2.41. The third-order valence-electron chi connectivity index (χ3n) is 5.69. The van der Waals surface area contributed by atoms with E-state index >= 15 is 0 Å². The third kappa shape index (κ3) is 5.39. The number of rotatable bonds is 9. The monoisotopic (exact) mass is 394 g/mol. The number of hydrogen-bond acceptors (Lipinski definition) is 3. The zero-order valence-electron chi connectivity index (χ0n) is 18.3. The Morgan fingerprint density at radius 2 is 1.59 bits per heavy atom. The van der Waals surface area contributed by atoms with E-state index in [0.717, 1.165) is 11.4 Å². The van der Waals surface area contributed by atoms with Gasteiger partial charge in [-0.2, -0.15) is 0 Å². The van der Waals surface area contributed by atoms with Gasteiger partial charge in [-0.1, -0.05) is 58.0 Å². The first-order valence-electron chi connectivity index (χ1n) is 10.7. The summed E-state index contributed by atoms with van der Waals surface area (Å²) in [4.78, 5) is 12.8. The topological polar surface area (TPSA) is 50.4 Å². The summed E-state index contributed by atoms with van der Waals surface area (Å²) in [5.41, 5.74) is 4.58. The van der Waals surface area contributed by atoms with Crippen molar-refractivity contribution >= 4 is 11.6 Å². The molecule has 0 spiro atoms. The van der Waals surface area contributed by atoms with Crippen LogP contribution >= 0.6 is 0 Å². The van der Waals surface area contributed by atoms with Crippen LogP contribution in [0.15, 0.2) is 42.5 Å². The standard InChI is InChI=1S/C25H34N2O2/c1-16(2)21-7-6-8-22(17(3)4)25(21)27-23(28)15-26-24(18-9-10-18)19-11-13-20(29-5)14-12-19/h6-8,11-14,16-18,24,26H,9-10,15H2,1-5H3,(H,27,28). The first-order chi connectivity index (χ1) is 13.9. The van der Waals surface area contributed by atoms with Gasteiger partial charge >= 0.3 is 0 Å². The maximum atomic E-state index is 12.8. The number of anilines is 1. The van der Waals surface area contributed by atoms with Crippen molar-refractivity contribution in [1.82, 2.24) is 5.32 Å². The number of ether oxygens (including phenoxy) is 1. The number of amides is 1. The van der Waals surface area contributed by atoms with Gasteiger partial charge in [0, 0.05) is 11.7 Å². The number of nitrogens with one attached hydrogen (secondary N) is 2. The average Bonchev–Trinajstić information content (AvgIpc) is 3.53. The Hall–Kier alpha value is -2.33. The van der Waals surface area contributed by atoms with E-state index in [1.165, 1.54) is 29.5 Å². The van der Waals surface area contributed by atoms with Gasteiger partial charge in [-0.25, -0.2) is 0 Å². The average molecular weight is 395 g/mol. The Balaban J connectivity index is 1.70. The van der Waals surface area contributed by atoms with Crippen molar-refractivity contribution in [2.45, 2.75) is 58.4 Å². The van der Waals surface area contributed by atoms with E-state index in [-0.39, 0.29) is 11.9 Å². The van der Waals surface area contributed by atoms with E-state index < -0.39 is 0 Å². The molecule has 1 aliphatic rings. The van der Waals surface area contributed by atoms with Crippen molar-refractivity contribution in [3.8, 4) is 5.75 Å². The van der Waals surface area contributed by atoms with Gasteiger partial charge in [0.1, 0.15) is 5.75 Å².